The van der Waals surface area contributed by atoms with Crippen molar-refractivity contribution in [2.75, 3.05) is 13.7 Å². The molecule has 0 saturated heterocycles. The summed E-state index contributed by atoms with van der Waals surface area (Å²) in [6.45, 7) is 4.03. The summed E-state index contributed by atoms with van der Waals surface area (Å²) in [5, 5.41) is 0. The number of benzene rings is 2. The number of cyclic esters (lactones) is 1. The van der Waals surface area contributed by atoms with E-state index < -0.39 is 5.97 Å². The molecule has 0 spiro atoms. The Kier molecular flexibility index (Phi) is 4.95. The first-order valence-electron chi connectivity index (χ1n) is 7.70. The summed E-state index contributed by atoms with van der Waals surface area (Å²) in [5.41, 5.74) is 1.71. The largest absolute Gasteiger partial charge is 0.497 e. The molecule has 126 valence electrons. The van der Waals surface area contributed by atoms with Crippen molar-refractivity contribution in [3.05, 3.63) is 78.0 Å². The van der Waals surface area contributed by atoms with Crippen LogP contribution in [0.2, 0.25) is 0 Å². The maximum Gasteiger partial charge on any atom is 0.363 e. The minimum atomic E-state index is -0.491. The van der Waals surface area contributed by atoms with E-state index in [2.05, 4.69) is 11.6 Å². The fourth-order valence-corrected chi connectivity index (χ4v) is 2.30. The number of hydrogen-bond donors (Lipinski definition) is 0. The van der Waals surface area contributed by atoms with Crippen LogP contribution in [0.5, 0.6) is 11.5 Å². The van der Waals surface area contributed by atoms with Crippen molar-refractivity contribution in [2.45, 2.75) is 0 Å². The lowest BCUT2D eigenvalue weighted by Crippen LogP contribution is -2.05. The molecule has 0 N–H and O–H groups in total. The Morgan fingerprint density at radius 3 is 2.76 bits per heavy atom. The standard InChI is InChI=1S/C20H17NO4/c1-3-10-24-17-9-4-6-14(11-17)12-18-20(22)25-19(21-18)15-7-5-8-16(13-15)23-2/h3-9,11-13H,1,10H2,2H3/b18-12-. The Morgan fingerprint density at radius 2 is 1.96 bits per heavy atom. The number of nitrogens with zero attached hydrogens (tertiary/aromatic N) is 1. The summed E-state index contributed by atoms with van der Waals surface area (Å²) in [6, 6.07) is 14.6. The fraction of sp³-hybridized carbons (Fsp3) is 0.100. The molecule has 1 aliphatic heterocycles. The zero-order valence-corrected chi connectivity index (χ0v) is 13.8. The third-order valence-corrected chi connectivity index (χ3v) is 3.47. The summed E-state index contributed by atoms with van der Waals surface area (Å²) >= 11 is 0. The zero-order chi connectivity index (χ0) is 17.6. The van der Waals surface area contributed by atoms with Crippen molar-refractivity contribution in [3.8, 4) is 11.5 Å². The van der Waals surface area contributed by atoms with Gasteiger partial charge in [0.15, 0.2) is 5.70 Å². The molecule has 0 atom stereocenters. The monoisotopic (exact) mass is 335 g/mol. The van der Waals surface area contributed by atoms with Gasteiger partial charge in [0, 0.05) is 5.56 Å². The van der Waals surface area contributed by atoms with Crippen molar-refractivity contribution in [3.63, 3.8) is 0 Å². The van der Waals surface area contributed by atoms with Crippen LogP contribution in [0.4, 0.5) is 0 Å². The molecule has 0 aromatic heterocycles. The molecule has 0 saturated carbocycles. The Morgan fingerprint density at radius 1 is 1.16 bits per heavy atom. The van der Waals surface area contributed by atoms with Gasteiger partial charge in [0.05, 0.1) is 7.11 Å². The second-order valence-corrected chi connectivity index (χ2v) is 5.24. The highest BCUT2D eigenvalue weighted by atomic mass is 16.6. The lowest BCUT2D eigenvalue weighted by Gasteiger charge is -2.03. The van der Waals surface area contributed by atoms with Crippen LogP contribution in [-0.2, 0) is 9.53 Å². The minimum absolute atomic E-state index is 0.235. The number of carbonyl (C=O) groups excluding carboxylic acids is 1. The first-order valence-corrected chi connectivity index (χ1v) is 7.70. The molecule has 0 radical (unpaired) electrons. The highest BCUT2D eigenvalue weighted by molar-refractivity contribution is 6.12. The molecule has 2 aromatic rings. The third-order valence-electron chi connectivity index (χ3n) is 3.47. The van der Waals surface area contributed by atoms with Gasteiger partial charge in [-0.05, 0) is 42.0 Å². The van der Waals surface area contributed by atoms with Crippen LogP contribution in [-0.4, -0.2) is 25.6 Å². The van der Waals surface area contributed by atoms with Gasteiger partial charge in [-0.2, -0.15) is 0 Å². The predicted molar refractivity (Wildman–Crippen MR) is 95.7 cm³/mol. The van der Waals surface area contributed by atoms with E-state index in [-0.39, 0.29) is 11.6 Å². The Labute approximate surface area is 145 Å². The van der Waals surface area contributed by atoms with E-state index in [0.717, 1.165) is 5.56 Å². The number of hydrogen-bond acceptors (Lipinski definition) is 5. The molecular weight excluding hydrogens is 318 g/mol. The van der Waals surface area contributed by atoms with Crippen molar-refractivity contribution in [1.29, 1.82) is 0 Å². The lowest BCUT2D eigenvalue weighted by atomic mass is 10.2. The molecule has 0 amide bonds. The molecule has 1 aliphatic rings. The molecule has 2 aromatic carbocycles. The maximum absolute atomic E-state index is 12.1. The molecule has 0 aliphatic carbocycles. The quantitative estimate of drug-likeness (QED) is 0.460. The summed E-state index contributed by atoms with van der Waals surface area (Å²) in [7, 11) is 1.58. The van der Waals surface area contributed by atoms with Gasteiger partial charge in [-0.25, -0.2) is 9.79 Å². The SMILES string of the molecule is C=CCOc1cccc(/C=C2\N=C(c3cccc(OC)c3)OC2=O)c1. The Bertz CT molecular complexity index is 868. The first kappa shape index (κ1) is 16.5. The molecule has 25 heavy (non-hydrogen) atoms. The van der Waals surface area contributed by atoms with Gasteiger partial charge in [-0.3, -0.25) is 0 Å². The molecule has 0 fully saturated rings. The van der Waals surface area contributed by atoms with Crippen LogP contribution < -0.4 is 9.47 Å². The fourth-order valence-electron chi connectivity index (χ4n) is 2.30. The number of methoxy groups -OCH3 is 1. The summed E-state index contributed by atoms with van der Waals surface area (Å²) < 4.78 is 15.9. The smallest absolute Gasteiger partial charge is 0.363 e. The molecule has 0 unspecified atom stereocenters. The van der Waals surface area contributed by atoms with Crippen molar-refractivity contribution < 1.29 is 19.0 Å². The molecular formula is C20H17NO4. The van der Waals surface area contributed by atoms with E-state index in [1.54, 1.807) is 31.4 Å². The van der Waals surface area contributed by atoms with Crippen molar-refractivity contribution in [1.82, 2.24) is 0 Å². The number of aliphatic imine (C=N–C) groups is 1. The number of ether oxygens (including phenoxy) is 3. The van der Waals surface area contributed by atoms with Gasteiger partial charge in [-0.1, -0.05) is 30.9 Å². The van der Waals surface area contributed by atoms with Gasteiger partial charge < -0.3 is 14.2 Å². The topological polar surface area (TPSA) is 57.1 Å². The van der Waals surface area contributed by atoms with Crippen LogP contribution in [0.25, 0.3) is 6.08 Å². The Balaban J connectivity index is 1.86. The average molecular weight is 335 g/mol. The van der Waals surface area contributed by atoms with Crippen LogP contribution >= 0.6 is 0 Å². The molecule has 5 heteroatoms. The van der Waals surface area contributed by atoms with Gasteiger partial charge >= 0.3 is 5.97 Å². The predicted octanol–water partition coefficient (Wildman–Crippen LogP) is 3.60. The van der Waals surface area contributed by atoms with Crippen molar-refractivity contribution >= 4 is 17.9 Å². The summed E-state index contributed by atoms with van der Waals surface area (Å²) in [6.07, 6.45) is 3.33. The van der Waals surface area contributed by atoms with Crippen molar-refractivity contribution in [2.24, 2.45) is 4.99 Å². The molecule has 3 rings (SSSR count). The van der Waals surface area contributed by atoms with Gasteiger partial charge in [0.25, 0.3) is 0 Å². The van der Waals surface area contributed by atoms with Crippen LogP contribution in [0.3, 0.4) is 0 Å². The van der Waals surface area contributed by atoms with Crippen LogP contribution in [0.1, 0.15) is 11.1 Å². The lowest BCUT2D eigenvalue weighted by molar-refractivity contribution is -0.129. The van der Waals surface area contributed by atoms with Crippen LogP contribution in [0.15, 0.2) is 71.9 Å². The van der Waals surface area contributed by atoms with E-state index in [0.29, 0.717) is 23.7 Å². The molecule has 0 bridgehead atoms. The van der Waals surface area contributed by atoms with Crippen LogP contribution in [0, 0.1) is 0 Å². The van der Waals surface area contributed by atoms with Gasteiger partial charge in [0.1, 0.15) is 18.1 Å². The second-order valence-electron chi connectivity index (χ2n) is 5.24. The summed E-state index contributed by atoms with van der Waals surface area (Å²) in [5.74, 6) is 1.13. The summed E-state index contributed by atoms with van der Waals surface area (Å²) in [4.78, 5) is 16.4. The third kappa shape index (κ3) is 3.95. The minimum Gasteiger partial charge on any atom is -0.497 e. The van der Waals surface area contributed by atoms with E-state index in [1.165, 1.54) is 0 Å². The Hall–Kier alpha value is -3.34. The van der Waals surface area contributed by atoms with E-state index >= 15 is 0 Å². The second kappa shape index (κ2) is 7.49. The molecule has 1 heterocycles. The first-order chi connectivity index (χ1) is 12.2. The number of esters is 1. The van der Waals surface area contributed by atoms with E-state index in [4.69, 9.17) is 14.2 Å². The van der Waals surface area contributed by atoms with E-state index in [9.17, 15) is 4.79 Å². The maximum atomic E-state index is 12.1. The normalized spacial score (nSPS) is 14.8. The zero-order valence-electron chi connectivity index (χ0n) is 13.8. The molecule has 5 nitrogen and oxygen atoms in total. The van der Waals surface area contributed by atoms with Gasteiger partial charge in [0.2, 0.25) is 5.90 Å². The number of rotatable bonds is 6. The highest BCUT2D eigenvalue weighted by Gasteiger charge is 2.24. The highest BCUT2D eigenvalue weighted by Crippen LogP contribution is 2.23. The number of carbonyl (C=O) groups is 1. The average Bonchev–Trinajstić information content (AvgIpc) is 3.01. The van der Waals surface area contributed by atoms with E-state index in [1.807, 2.05) is 36.4 Å². The van der Waals surface area contributed by atoms with Gasteiger partial charge in [-0.15, -0.1) is 0 Å².